The van der Waals surface area contributed by atoms with Crippen molar-refractivity contribution in [1.82, 2.24) is 15.3 Å². The minimum absolute atomic E-state index is 0. The number of H-pyrrole nitrogens is 1. The Labute approximate surface area is 207 Å². The molecule has 0 spiro atoms. The highest BCUT2D eigenvalue weighted by atomic mass is 35.5. The monoisotopic (exact) mass is 502 g/mol. The Morgan fingerprint density at radius 2 is 1.78 bits per heavy atom. The molecule has 6 nitrogen and oxygen atoms in total. The number of nitrogens with two attached hydrogens (primary N) is 1. The molecule has 3 rings (SSSR count). The first-order valence-electron chi connectivity index (χ1n) is 9.76. The molecule has 0 atom stereocenters. The first-order valence-corrected chi connectivity index (χ1v) is 9.76. The molecule has 0 unspecified atom stereocenters. The van der Waals surface area contributed by atoms with E-state index in [2.05, 4.69) is 37.3 Å². The van der Waals surface area contributed by atoms with Crippen molar-refractivity contribution in [2.24, 2.45) is 10.7 Å². The van der Waals surface area contributed by atoms with Gasteiger partial charge in [-0.25, -0.2) is 9.37 Å². The van der Waals surface area contributed by atoms with E-state index in [1.54, 1.807) is 18.5 Å². The van der Waals surface area contributed by atoms with Gasteiger partial charge in [0.25, 0.3) is 0 Å². The molecule has 10 heteroatoms. The predicted octanol–water partition coefficient (Wildman–Crippen LogP) is 4.36. The van der Waals surface area contributed by atoms with Crippen LogP contribution in [-0.2, 0) is 13.0 Å². The zero-order chi connectivity index (χ0) is 20.3. The van der Waals surface area contributed by atoms with Crippen molar-refractivity contribution >= 4 is 48.9 Å². The fraction of sp³-hybridized carbons (Fsp3) is 0.273. The van der Waals surface area contributed by atoms with E-state index in [0.29, 0.717) is 25.6 Å². The molecule has 176 valence electrons. The van der Waals surface area contributed by atoms with Gasteiger partial charge in [0, 0.05) is 43.8 Å². The molecule has 0 fully saturated rings. The number of aromatic nitrogens is 2. The number of nitrogens with zero attached hydrogens (tertiary/aromatic N) is 3. The number of halogens is 4. The van der Waals surface area contributed by atoms with E-state index in [1.807, 2.05) is 24.4 Å². The summed E-state index contributed by atoms with van der Waals surface area (Å²) in [5.41, 5.74) is 9.24. The van der Waals surface area contributed by atoms with Crippen molar-refractivity contribution in [3.63, 3.8) is 0 Å². The number of hydrogen-bond donors (Lipinski definition) is 3. The number of imidazole rings is 1. The van der Waals surface area contributed by atoms with Gasteiger partial charge < -0.3 is 20.9 Å². The first kappa shape index (κ1) is 29.5. The minimum Gasteiger partial charge on any atom is -0.370 e. The van der Waals surface area contributed by atoms with Gasteiger partial charge in [0.15, 0.2) is 5.96 Å². The highest BCUT2D eigenvalue weighted by Gasteiger charge is 2.08. The van der Waals surface area contributed by atoms with E-state index in [4.69, 9.17) is 5.73 Å². The summed E-state index contributed by atoms with van der Waals surface area (Å²) in [6, 6.07) is 16.8. The summed E-state index contributed by atoms with van der Waals surface area (Å²) in [4.78, 5) is 13.6. The first-order chi connectivity index (χ1) is 14.2. The molecular weight excluding hydrogens is 474 g/mol. The van der Waals surface area contributed by atoms with Crippen molar-refractivity contribution in [1.29, 1.82) is 0 Å². The summed E-state index contributed by atoms with van der Waals surface area (Å²) in [5.74, 6) is 0.200. The Morgan fingerprint density at radius 3 is 2.44 bits per heavy atom. The summed E-state index contributed by atoms with van der Waals surface area (Å²) in [6.07, 6.45) is 5.30. The van der Waals surface area contributed by atoms with Crippen LogP contribution in [-0.4, -0.2) is 35.6 Å². The van der Waals surface area contributed by atoms with Crippen LogP contribution < -0.4 is 16.0 Å². The normalized spacial score (nSPS) is 10.3. The van der Waals surface area contributed by atoms with Crippen LogP contribution in [0, 0.1) is 5.82 Å². The van der Waals surface area contributed by atoms with Gasteiger partial charge in [0.2, 0.25) is 0 Å². The molecule has 1 heterocycles. The summed E-state index contributed by atoms with van der Waals surface area (Å²) >= 11 is 0. The second-order valence-corrected chi connectivity index (χ2v) is 6.76. The third-order valence-electron chi connectivity index (χ3n) is 4.54. The summed E-state index contributed by atoms with van der Waals surface area (Å²) < 4.78 is 13.3. The Balaban J connectivity index is 0.00000320. The molecule has 3 aromatic rings. The molecule has 0 saturated heterocycles. The van der Waals surface area contributed by atoms with Gasteiger partial charge in [-0.15, -0.1) is 37.2 Å². The smallest absolute Gasteiger partial charge is 0.188 e. The summed E-state index contributed by atoms with van der Waals surface area (Å²) in [7, 11) is 0. The maximum atomic E-state index is 13.3. The fourth-order valence-electron chi connectivity index (χ4n) is 3.02. The van der Waals surface area contributed by atoms with Crippen LogP contribution in [0.4, 0.5) is 10.1 Å². The highest BCUT2D eigenvalue weighted by Crippen LogP contribution is 2.17. The largest absolute Gasteiger partial charge is 0.370 e. The van der Waals surface area contributed by atoms with Gasteiger partial charge in [0.1, 0.15) is 5.82 Å². The third-order valence-corrected chi connectivity index (χ3v) is 4.54. The number of aromatic amines is 1. The van der Waals surface area contributed by atoms with Crippen molar-refractivity contribution in [2.75, 3.05) is 24.5 Å². The third kappa shape index (κ3) is 10.2. The quantitative estimate of drug-likeness (QED) is 0.218. The second kappa shape index (κ2) is 16.2. The van der Waals surface area contributed by atoms with Crippen LogP contribution in [0.2, 0.25) is 0 Å². The lowest BCUT2D eigenvalue weighted by Gasteiger charge is -2.25. The Hall–Kier alpha value is -2.48. The van der Waals surface area contributed by atoms with E-state index in [0.717, 1.165) is 30.8 Å². The number of hydrogen-bond acceptors (Lipinski definition) is 3. The number of guanidine groups is 1. The van der Waals surface area contributed by atoms with E-state index in [9.17, 15) is 4.39 Å². The number of aryl methyl sites for hydroxylation is 1. The summed E-state index contributed by atoms with van der Waals surface area (Å²) in [6.45, 7) is 2.74. The van der Waals surface area contributed by atoms with Crippen LogP contribution in [0.5, 0.6) is 0 Å². The average molecular weight is 504 g/mol. The second-order valence-electron chi connectivity index (χ2n) is 6.76. The van der Waals surface area contributed by atoms with Crippen LogP contribution in [0.25, 0.3) is 0 Å². The van der Waals surface area contributed by atoms with E-state index in [-0.39, 0.29) is 43.0 Å². The van der Waals surface area contributed by atoms with Crippen molar-refractivity contribution in [3.8, 4) is 0 Å². The van der Waals surface area contributed by atoms with Crippen LogP contribution in [0.1, 0.15) is 17.7 Å². The molecule has 0 aliphatic rings. The molecule has 0 aliphatic carbocycles. The van der Waals surface area contributed by atoms with Gasteiger partial charge in [-0.1, -0.05) is 30.3 Å². The number of anilines is 1. The molecule has 0 amide bonds. The molecule has 0 aliphatic heterocycles. The topological polar surface area (TPSA) is 82.3 Å². The number of rotatable bonds is 10. The van der Waals surface area contributed by atoms with Gasteiger partial charge in [-0.2, -0.15) is 0 Å². The molecular formula is C22H30Cl3FN6. The minimum atomic E-state index is -0.238. The number of aliphatic imine (C=N–C) groups is 1. The van der Waals surface area contributed by atoms with E-state index in [1.165, 1.54) is 17.7 Å². The van der Waals surface area contributed by atoms with Gasteiger partial charge in [-0.3, -0.25) is 4.99 Å². The van der Waals surface area contributed by atoms with Crippen LogP contribution in [0.15, 0.2) is 72.1 Å². The Morgan fingerprint density at radius 1 is 1.06 bits per heavy atom. The number of benzene rings is 2. The lowest BCUT2D eigenvalue weighted by atomic mass is 10.2. The molecule has 32 heavy (non-hydrogen) atoms. The van der Waals surface area contributed by atoms with Crippen molar-refractivity contribution < 1.29 is 4.39 Å². The Kier molecular flexibility index (Phi) is 14.9. The molecule has 0 bridgehead atoms. The molecule has 2 aromatic carbocycles. The van der Waals surface area contributed by atoms with Crippen LogP contribution in [0.3, 0.4) is 0 Å². The molecule has 4 N–H and O–H groups in total. The number of nitrogens with one attached hydrogen (secondary N) is 2. The Bertz CT molecular complexity index is 876. The maximum absolute atomic E-state index is 13.3. The van der Waals surface area contributed by atoms with Crippen molar-refractivity contribution in [3.05, 3.63) is 84.2 Å². The SMILES string of the molecule is Cl.Cl.Cl.NC(=NCCCc1cnc[nH]1)NCCN(Cc1ccccc1)c1ccc(F)cc1. The van der Waals surface area contributed by atoms with E-state index >= 15 is 0 Å². The predicted molar refractivity (Wildman–Crippen MR) is 137 cm³/mol. The lowest BCUT2D eigenvalue weighted by Crippen LogP contribution is -2.38. The van der Waals surface area contributed by atoms with Crippen LogP contribution >= 0.6 is 37.2 Å². The van der Waals surface area contributed by atoms with Gasteiger partial charge in [0.05, 0.1) is 6.33 Å². The van der Waals surface area contributed by atoms with Crippen molar-refractivity contribution in [2.45, 2.75) is 19.4 Å². The van der Waals surface area contributed by atoms with Gasteiger partial charge >= 0.3 is 0 Å². The lowest BCUT2D eigenvalue weighted by molar-refractivity contribution is 0.627. The fourth-order valence-corrected chi connectivity index (χ4v) is 3.02. The molecule has 0 radical (unpaired) electrons. The average Bonchev–Trinajstić information content (AvgIpc) is 3.25. The highest BCUT2D eigenvalue weighted by molar-refractivity contribution is 5.86. The zero-order valence-corrected chi connectivity index (χ0v) is 20.1. The standard InChI is InChI=1S/C22H27FN6.3ClH/c23-19-8-10-21(11-9-19)29(16-18-5-2-1-3-6-18)14-13-27-22(24)26-12-4-7-20-15-25-17-28-20;;;/h1-3,5-6,8-11,15,17H,4,7,12-14,16H2,(H,25,28)(H3,24,26,27);3*1H. The zero-order valence-electron chi connectivity index (χ0n) is 17.6. The molecule has 1 aromatic heterocycles. The molecule has 0 saturated carbocycles. The maximum Gasteiger partial charge on any atom is 0.188 e. The van der Waals surface area contributed by atoms with Gasteiger partial charge in [-0.05, 0) is 42.7 Å². The summed E-state index contributed by atoms with van der Waals surface area (Å²) in [5, 5.41) is 3.17. The van der Waals surface area contributed by atoms with E-state index < -0.39 is 0 Å².